The van der Waals surface area contributed by atoms with Gasteiger partial charge < -0.3 is 10.4 Å². The van der Waals surface area contributed by atoms with Crippen molar-refractivity contribution in [3.63, 3.8) is 0 Å². The van der Waals surface area contributed by atoms with Gasteiger partial charge in [-0.05, 0) is 49.7 Å². The standard InChI is InChI=1S/C22H22N4O/c1-15-7-9-17(10-8-15)26-20-6-4-3-5-19(20)25-22(26)18-14-24-21(13-16(18)2)23-11-12-27/h3-10,13-14,27H,11-12H2,1-2H3,(H,23,24). The van der Waals surface area contributed by atoms with Gasteiger partial charge in [-0.25, -0.2) is 9.97 Å². The third-order valence-corrected chi connectivity index (χ3v) is 4.62. The first kappa shape index (κ1) is 17.2. The van der Waals surface area contributed by atoms with E-state index in [1.807, 2.05) is 30.5 Å². The van der Waals surface area contributed by atoms with E-state index in [0.29, 0.717) is 6.54 Å². The highest BCUT2D eigenvalue weighted by Crippen LogP contribution is 2.30. The van der Waals surface area contributed by atoms with Gasteiger partial charge in [0.05, 0.1) is 17.6 Å². The topological polar surface area (TPSA) is 63.0 Å². The quantitative estimate of drug-likeness (QED) is 0.564. The molecule has 2 N–H and O–H groups in total. The highest BCUT2D eigenvalue weighted by Gasteiger charge is 2.16. The van der Waals surface area contributed by atoms with Crippen LogP contribution in [0.2, 0.25) is 0 Å². The van der Waals surface area contributed by atoms with Crippen LogP contribution in [0.4, 0.5) is 5.82 Å². The van der Waals surface area contributed by atoms with Crippen molar-refractivity contribution in [2.75, 3.05) is 18.5 Å². The molecular weight excluding hydrogens is 336 g/mol. The number of nitrogens with zero attached hydrogens (tertiary/aromatic N) is 3. The molecule has 0 radical (unpaired) electrons. The van der Waals surface area contributed by atoms with Crippen LogP contribution < -0.4 is 5.32 Å². The molecule has 136 valence electrons. The minimum absolute atomic E-state index is 0.0751. The van der Waals surface area contributed by atoms with Gasteiger partial charge in [-0.2, -0.15) is 0 Å². The third-order valence-electron chi connectivity index (χ3n) is 4.62. The number of aryl methyl sites for hydroxylation is 2. The van der Waals surface area contributed by atoms with Gasteiger partial charge in [0.2, 0.25) is 0 Å². The molecule has 0 aliphatic carbocycles. The third kappa shape index (κ3) is 3.29. The van der Waals surface area contributed by atoms with E-state index in [0.717, 1.165) is 39.5 Å². The van der Waals surface area contributed by atoms with E-state index >= 15 is 0 Å². The molecule has 0 unspecified atom stereocenters. The second-order valence-corrected chi connectivity index (χ2v) is 6.63. The maximum Gasteiger partial charge on any atom is 0.147 e. The molecule has 5 nitrogen and oxygen atoms in total. The Morgan fingerprint density at radius 3 is 2.56 bits per heavy atom. The number of rotatable bonds is 5. The van der Waals surface area contributed by atoms with E-state index in [9.17, 15) is 0 Å². The van der Waals surface area contributed by atoms with Crippen LogP contribution in [-0.4, -0.2) is 32.8 Å². The van der Waals surface area contributed by atoms with Gasteiger partial charge in [-0.1, -0.05) is 29.8 Å². The Balaban J connectivity index is 1.89. The van der Waals surface area contributed by atoms with E-state index in [1.54, 1.807) is 0 Å². The van der Waals surface area contributed by atoms with Gasteiger partial charge in [-0.3, -0.25) is 4.57 Å². The summed E-state index contributed by atoms with van der Waals surface area (Å²) in [6.07, 6.45) is 1.85. The molecule has 0 amide bonds. The number of aliphatic hydroxyl groups is 1. The van der Waals surface area contributed by atoms with Crippen molar-refractivity contribution in [1.29, 1.82) is 0 Å². The van der Waals surface area contributed by atoms with Crippen LogP contribution in [0, 0.1) is 13.8 Å². The van der Waals surface area contributed by atoms with Crippen LogP contribution in [0.1, 0.15) is 11.1 Å². The van der Waals surface area contributed by atoms with Gasteiger partial charge >= 0.3 is 0 Å². The van der Waals surface area contributed by atoms with Crippen LogP contribution in [0.25, 0.3) is 28.1 Å². The molecule has 2 heterocycles. The fraction of sp³-hybridized carbons (Fsp3) is 0.182. The number of anilines is 1. The van der Waals surface area contributed by atoms with E-state index in [4.69, 9.17) is 10.1 Å². The fourth-order valence-corrected chi connectivity index (χ4v) is 3.23. The first-order chi connectivity index (χ1) is 13.2. The van der Waals surface area contributed by atoms with Crippen molar-refractivity contribution in [3.8, 4) is 17.1 Å². The molecule has 0 saturated heterocycles. The van der Waals surface area contributed by atoms with Crippen LogP contribution in [0.5, 0.6) is 0 Å². The Hall–Kier alpha value is -3.18. The Bertz CT molecular complexity index is 1080. The lowest BCUT2D eigenvalue weighted by molar-refractivity contribution is 0.311. The molecule has 27 heavy (non-hydrogen) atoms. The van der Waals surface area contributed by atoms with Crippen LogP contribution in [0.15, 0.2) is 60.8 Å². The highest BCUT2D eigenvalue weighted by atomic mass is 16.3. The van der Waals surface area contributed by atoms with E-state index in [-0.39, 0.29) is 6.61 Å². The summed E-state index contributed by atoms with van der Waals surface area (Å²) in [4.78, 5) is 9.39. The number of benzene rings is 2. The van der Waals surface area contributed by atoms with Crippen molar-refractivity contribution in [3.05, 3.63) is 71.9 Å². The van der Waals surface area contributed by atoms with Crippen LogP contribution in [0.3, 0.4) is 0 Å². The predicted molar refractivity (Wildman–Crippen MR) is 109 cm³/mol. The minimum atomic E-state index is 0.0751. The summed E-state index contributed by atoms with van der Waals surface area (Å²) in [6, 6.07) is 18.6. The van der Waals surface area contributed by atoms with Gasteiger partial charge in [0, 0.05) is 24.0 Å². The molecule has 2 aromatic carbocycles. The summed E-state index contributed by atoms with van der Waals surface area (Å²) in [6.45, 7) is 4.70. The van der Waals surface area contributed by atoms with Gasteiger partial charge in [-0.15, -0.1) is 0 Å². The summed E-state index contributed by atoms with van der Waals surface area (Å²) >= 11 is 0. The maximum absolute atomic E-state index is 8.99. The molecule has 0 aliphatic rings. The Labute approximate surface area is 158 Å². The molecule has 2 aromatic heterocycles. The number of aromatic nitrogens is 3. The van der Waals surface area contributed by atoms with Crippen molar-refractivity contribution < 1.29 is 5.11 Å². The van der Waals surface area contributed by atoms with E-state index < -0.39 is 0 Å². The predicted octanol–water partition coefficient (Wildman–Crippen LogP) is 4.11. The summed E-state index contributed by atoms with van der Waals surface area (Å²) in [5.41, 5.74) is 6.39. The summed E-state index contributed by atoms with van der Waals surface area (Å²) in [5.74, 6) is 1.63. The lowest BCUT2D eigenvalue weighted by Gasteiger charge is -2.12. The first-order valence-corrected chi connectivity index (χ1v) is 9.03. The van der Waals surface area contributed by atoms with Gasteiger partial charge in [0.25, 0.3) is 0 Å². The highest BCUT2D eigenvalue weighted by molar-refractivity contribution is 5.83. The number of hydrogen-bond donors (Lipinski definition) is 2. The Kier molecular flexibility index (Phi) is 4.60. The van der Waals surface area contributed by atoms with Gasteiger partial charge in [0.1, 0.15) is 11.6 Å². The smallest absolute Gasteiger partial charge is 0.147 e. The number of imidazole rings is 1. The average molecular weight is 358 g/mol. The van der Waals surface area contributed by atoms with Crippen molar-refractivity contribution in [2.24, 2.45) is 0 Å². The molecule has 0 atom stereocenters. The largest absolute Gasteiger partial charge is 0.395 e. The lowest BCUT2D eigenvalue weighted by Crippen LogP contribution is -2.07. The summed E-state index contributed by atoms with van der Waals surface area (Å²) < 4.78 is 2.18. The molecule has 4 rings (SSSR count). The Morgan fingerprint density at radius 1 is 1.04 bits per heavy atom. The molecular formula is C22H22N4O. The first-order valence-electron chi connectivity index (χ1n) is 9.03. The minimum Gasteiger partial charge on any atom is -0.395 e. The molecule has 0 saturated carbocycles. The lowest BCUT2D eigenvalue weighted by atomic mass is 10.1. The average Bonchev–Trinajstić information content (AvgIpc) is 3.06. The van der Waals surface area contributed by atoms with Crippen molar-refractivity contribution in [2.45, 2.75) is 13.8 Å². The number of pyridine rings is 1. The fourth-order valence-electron chi connectivity index (χ4n) is 3.23. The molecule has 0 fully saturated rings. The number of aliphatic hydroxyl groups excluding tert-OH is 1. The molecule has 5 heteroatoms. The van der Waals surface area contributed by atoms with Crippen molar-refractivity contribution in [1.82, 2.24) is 14.5 Å². The second kappa shape index (κ2) is 7.21. The van der Waals surface area contributed by atoms with E-state index in [2.05, 4.69) is 59.0 Å². The zero-order valence-electron chi connectivity index (χ0n) is 15.5. The number of para-hydroxylation sites is 2. The van der Waals surface area contributed by atoms with Crippen molar-refractivity contribution >= 4 is 16.9 Å². The molecule has 0 spiro atoms. The zero-order chi connectivity index (χ0) is 18.8. The van der Waals surface area contributed by atoms with Gasteiger partial charge in [0.15, 0.2) is 0 Å². The molecule has 0 bridgehead atoms. The monoisotopic (exact) mass is 358 g/mol. The van der Waals surface area contributed by atoms with Crippen LogP contribution >= 0.6 is 0 Å². The van der Waals surface area contributed by atoms with E-state index in [1.165, 1.54) is 5.56 Å². The maximum atomic E-state index is 8.99. The number of fused-ring (bicyclic) bond motifs is 1. The zero-order valence-corrected chi connectivity index (χ0v) is 15.5. The number of hydrogen-bond acceptors (Lipinski definition) is 4. The molecule has 0 aliphatic heterocycles. The van der Waals surface area contributed by atoms with Crippen LogP contribution in [-0.2, 0) is 0 Å². The molecule has 4 aromatic rings. The Morgan fingerprint density at radius 2 is 1.81 bits per heavy atom. The number of nitrogens with one attached hydrogen (secondary N) is 1. The summed E-state index contributed by atoms with van der Waals surface area (Å²) in [7, 11) is 0. The normalized spacial score (nSPS) is 11.1. The second-order valence-electron chi connectivity index (χ2n) is 6.63. The SMILES string of the molecule is Cc1ccc(-n2c(-c3cnc(NCCO)cc3C)nc3ccccc32)cc1. The summed E-state index contributed by atoms with van der Waals surface area (Å²) in [5, 5.41) is 12.1.